The van der Waals surface area contributed by atoms with Crippen LogP contribution in [-0.2, 0) is 4.79 Å². The Balaban J connectivity index is 0. The average Bonchev–Trinajstić information content (AvgIpc) is 2.15. The first-order valence-corrected chi connectivity index (χ1v) is 5.67. The molecule has 0 fully saturated rings. The van der Waals surface area contributed by atoms with Crippen LogP contribution >= 0.6 is 24.2 Å². The van der Waals surface area contributed by atoms with Crippen molar-refractivity contribution in [3.05, 3.63) is 0 Å². The normalized spacial score (nSPS) is 12.9. The second-order valence-electron chi connectivity index (χ2n) is 3.13. The third-order valence-electron chi connectivity index (χ3n) is 1.68. The van der Waals surface area contributed by atoms with E-state index in [1.807, 2.05) is 6.26 Å². The molecule has 3 nitrogen and oxygen atoms in total. The highest BCUT2D eigenvalue weighted by Gasteiger charge is 2.27. The molecule has 0 bridgehead atoms. The molecule has 1 amide bonds. The Kier molecular flexibility index (Phi) is 9.39. The third-order valence-corrected chi connectivity index (χ3v) is 2.52. The summed E-state index contributed by atoms with van der Waals surface area (Å²) >= 11 is 1.50. The van der Waals surface area contributed by atoms with Gasteiger partial charge in [0.1, 0.15) is 0 Å². The Morgan fingerprint density at radius 2 is 2.13 bits per heavy atom. The zero-order valence-corrected chi connectivity index (χ0v) is 10.4. The van der Waals surface area contributed by atoms with Crippen molar-refractivity contribution in [2.45, 2.75) is 12.8 Å². The van der Waals surface area contributed by atoms with Crippen LogP contribution in [0.4, 0.5) is 8.78 Å². The highest BCUT2D eigenvalue weighted by atomic mass is 35.5. The zero-order valence-electron chi connectivity index (χ0n) is 8.76. The number of hydrogen-bond acceptors (Lipinski definition) is 3. The van der Waals surface area contributed by atoms with E-state index in [9.17, 15) is 13.6 Å². The van der Waals surface area contributed by atoms with E-state index in [4.69, 9.17) is 5.73 Å². The van der Waals surface area contributed by atoms with Crippen LogP contribution in [0.15, 0.2) is 0 Å². The van der Waals surface area contributed by atoms with Gasteiger partial charge in [-0.25, -0.2) is 8.78 Å². The van der Waals surface area contributed by atoms with Gasteiger partial charge in [0.25, 0.3) is 5.92 Å². The summed E-state index contributed by atoms with van der Waals surface area (Å²) in [5.41, 5.74) is 4.82. The summed E-state index contributed by atoms with van der Waals surface area (Å²) in [7, 11) is 0. The molecule has 0 aromatic heterocycles. The standard InChI is InChI=1S/C8H16F2N2OS.ClH/c1-6(3-14-2)7(13)12-5-8(9,10)4-11;/h6H,3-5,11H2,1-2H3,(H,12,13);1H. The van der Waals surface area contributed by atoms with E-state index in [2.05, 4.69) is 5.32 Å². The van der Waals surface area contributed by atoms with Gasteiger partial charge in [-0.15, -0.1) is 12.4 Å². The molecule has 3 N–H and O–H groups in total. The third kappa shape index (κ3) is 7.81. The summed E-state index contributed by atoms with van der Waals surface area (Å²) in [6.07, 6.45) is 1.86. The molecule has 0 saturated heterocycles. The molecule has 0 aliphatic carbocycles. The predicted molar refractivity (Wildman–Crippen MR) is 61.8 cm³/mol. The molecule has 0 aromatic rings. The molecule has 0 heterocycles. The van der Waals surface area contributed by atoms with E-state index in [1.165, 1.54) is 11.8 Å². The minimum absolute atomic E-state index is 0. The summed E-state index contributed by atoms with van der Waals surface area (Å²) in [6, 6.07) is 0. The van der Waals surface area contributed by atoms with Crippen LogP contribution in [0.1, 0.15) is 6.92 Å². The van der Waals surface area contributed by atoms with E-state index >= 15 is 0 Å². The lowest BCUT2D eigenvalue weighted by atomic mass is 10.2. The van der Waals surface area contributed by atoms with Gasteiger partial charge in [0.05, 0.1) is 13.1 Å². The molecule has 0 spiro atoms. The van der Waals surface area contributed by atoms with Gasteiger partial charge in [-0.1, -0.05) is 6.92 Å². The quantitative estimate of drug-likeness (QED) is 0.754. The molecule has 7 heteroatoms. The first kappa shape index (κ1) is 17.3. The van der Waals surface area contributed by atoms with Crippen molar-refractivity contribution in [2.75, 3.05) is 25.1 Å². The summed E-state index contributed by atoms with van der Waals surface area (Å²) in [5, 5.41) is 2.18. The Bertz CT molecular complexity index is 195. The molecule has 1 unspecified atom stereocenters. The first-order chi connectivity index (χ1) is 6.43. The molecule has 0 saturated carbocycles. The summed E-state index contributed by atoms with van der Waals surface area (Å²) in [5.74, 6) is -2.99. The van der Waals surface area contributed by atoms with Gasteiger partial charge < -0.3 is 11.1 Å². The lowest BCUT2D eigenvalue weighted by Crippen LogP contribution is -2.43. The Morgan fingerprint density at radius 1 is 1.60 bits per heavy atom. The van der Waals surface area contributed by atoms with Crippen molar-refractivity contribution < 1.29 is 13.6 Å². The fraction of sp³-hybridized carbons (Fsp3) is 0.875. The number of halogens is 3. The minimum atomic E-state index is -3.01. The molecule has 0 rings (SSSR count). The Labute approximate surface area is 99.0 Å². The number of alkyl halides is 2. The summed E-state index contributed by atoms with van der Waals surface area (Å²) in [6.45, 7) is 0.275. The van der Waals surface area contributed by atoms with Crippen LogP contribution in [0.2, 0.25) is 0 Å². The molecule has 0 radical (unpaired) electrons. The topological polar surface area (TPSA) is 55.1 Å². The van der Waals surface area contributed by atoms with E-state index in [0.29, 0.717) is 5.75 Å². The molecule has 0 aliphatic heterocycles. The van der Waals surface area contributed by atoms with Crippen LogP contribution in [-0.4, -0.2) is 36.9 Å². The Hall–Kier alpha value is -0.0700. The summed E-state index contributed by atoms with van der Waals surface area (Å²) in [4.78, 5) is 11.2. The van der Waals surface area contributed by atoms with Crippen LogP contribution in [0.5, 0.6) is 0 Å². The number of nitrogens with one attached hydrogen (secondary N) is 1. The van der Waals surface area contributed by atoms with Gasteiger partial charge in [-0.05, 0) is 6.26 Å². The van der Waals surface area contributed by atoms with Crippen LogP contribution in [0.25, 0.3) is 0 Å². The maximum absolute atomic E-state index is 12.6. The maximum Gasteiger partial charge on any atom is 0.277 e. The fourth-order valence-electron chi connectivity index (χ4n) is 0.789. The van der Waals surface area contributed by atoms with Gasteiger partial charge >= 0.3 is 0 Å². The van der Waals surface area contributed by atoms with E-state index < -0.39 is 19.0 Å². The molecule has 15 heavy (non-hydrogen) atoms. The van der Waals surface area contributed by atoms with Gasteiger partial charge in [-0.2, -0.15) is 11.8 Å². The molecule has 0 aliphatic rings. The number of carbonyl (C=O) groups is 1. The van der Waals surface area contributed by atoms with Gasteiger partial charge in [0, 0.05) is 11.7 Å². The second-order valence-corrected chi connectivity index (χ2v) is 4.04. The van der Waals surface area contributed by atoms with Crippen molar-refractivity contribution in [2.24, 2.45) is 11.7 Å². The number of nitrogens with two attached hydrogens (primary N) is 1. The number of carbonyl (C=O) groups excluding carboxylic acids is 1. The maximum atomic E-state index is 12.6. The van der Waals surface area contributed by atoms with Crippen LogP contribution in [0, 0.1) is 5.92 Å². The van der Waals surface area contributed by atoms with E-state index in [1.54, 1.807) is 6.92 Å². The summed E-state index contributed by atoms with van der Waals surface area (Å²) < 4.78 is 25.2. The zero-order chi connectivity index (χ0) is 11.2. The number of rotatable bonds is 6. The second kappa shape index (κ2) is 8.13. The molecule has 92 valence electrons. The fourth-order valence-corrected chi connectivity index (χ4v) is 1.44. The smallest absolute Gasteiger partial charge is 0.277 e. The van der Waals surface area contributed by atoms with Crippen LogP contribution < -0.4 is 11.1 Å². The lowest BCUT2D eigenvalue weighted by molar-refractivity contribution is -0.125. The molecular formula is C8H17ClF2N2OS. The van der Waals surface area contributed by atoms with Crippen LogP contribution in [0.3, 0.4) is 0 Å². The highest BCUT2D eigenvalue weighted by molar-refractivity contribution is 7.98. The Morgan fingerprint density at radius 3 is 2.53 bits per heavy atom. The van der Waals surface area contributed by atoms with E-state index in [-0.39, 0.29) is 24.2 Å². The van der Waals surface area contributed by atoms with Crippen molar-refractivity contribution >= 4 is 30.1 Å². The monoisotopic (exact) mass is 262 g/mol. The predicted octanol–water partition coefficient (Wildman–Crippen LogP) is 1.12. The van der Waals surface area contributed by atoms with Crippen molar-refractivity contribution in [1.29, 1.82) is 0 Å². The van der Waals surface area contributed by atoms with Crippen molar-refractivity contribution in [3.63, 3.8) is 0 Å². The van der Waals surface area contributed by atoms with Crippen molar-refractivity contribution in [1.82, 2.24) is 5.32 Å². The van der Waals surface area contributed by atoms with Gasteiger partial charge in [-0.3, -0.25) is 4.79 Å². The average molecular weight is 263 g/mol. The first-order valence-electron chi connectivity index (χ1n) is 4.27. The molecular weight excluding hydrogens is 246 g/mol. The number of thioether (sulfide) groups is 1. The minimum Gasteiger partial charge on any atom is -0.350 e. The van der Waals surface area contributed by atoms with E-state index in [0.717, 1.165) is 0 Å². The highest BCUT2D eigenvalue weighted by Crippen LogP contribution is 2.10. The van der Waals surface area contributed by atoms with Gasteiger partial charge in [0.15, 0.2) is 0 Å². The lowest BCUT2D eigenvalue weighted by Gasteiger charge is -2.16. The molecule has 1 atom stereocenters. The van der Waals surface area contributed by atoms with Gasteiger partial charge in [0.2, 0.25) is 5.91 Å². The van der Waals surface area contributed by atoms with Crippen molar-refractivity contribution in [3.8, 4) is 0 Å². The number of hydrogen-bond donors (Lipinski definition) is 2. The molecule has 0 aromatic carbocycles. The SMILES string of the molecule is CSCC(C)C(=O)NCC(F)(F)CN.Cl. The largest absolute Gasteiger partial charge is 0.350 e. The number of amides is 1.